The van der Waals surface area contributed by atoms with Crippen molar-refractivity contribution in [1.82, 2.24) is 4.57 Å². The predicted octanol–water partition coefficient (Wildman–Crippen LogP) is 4.97. The highest BCUT2D eigenvalue weighted by Gasteiger charge is 2.18. The third-order valence-electron chi connectivity index (χ3n) is 3.92. The molecule has 0 aliphatic heterocycles. The quantitative estimate of drug-likeness (QED) is 0.704. The number of carboxylic acids is 1. The van der Waals surface area contributed by atoms with Gasteiger partial charge in [-0.05, 0) is 36.2 Å². The number of rotatable bonds is 4. The number of aromatic carboxylic acids is 1. The van der Waals surface area contributed by atoms with Crippen molar-refractivity contribution >= 4 is 21.9 Å². The molecule has 4 heteroatoms. The van der Waals surface area contributed by atoms with Crippen LogP contribution in [0.25, 0.3) is 11.3 Å². The topological polar surface area (TPSA) is 42.2 Å². The number of carboxylic acid groups (broad SMARTS) is 1. The minimum absolute atomic E-state index is 0.346. The summed E-state index contributed by atoms with van der Waals surface area (Å²) in [4.78, 5) is 11.5. The second-order valence-electron chi connectivity index (χ2n) is 5.41. The number of nitrogens with zero attached hydrogens (tertiary/aromatic N) is 1. The number of aromatic nitrogens is 1. The molecule has 0 aliphatic rings. The van der Waals surface area contributed by atoms with E-state index in [0.29, 0.717) is 12.1 Å². The summed E-state index contributed by atoms with van der Waals surface area (Å²) < 4.78 is 3.06. The molecule has 1 N–H and O–H groups in total. The van der Waals surface area contributed by atoms with Crippen LogP contribution in [0.15, 0.2) is 65.1 Å². The molecule has 0 aliphatic carbocycles. The molecule has 0 bridgehead atoms. The minimum atomic E-state index is -0.896. The number of hydrogen-bond acceptors (Lipinski definition) is 1. The van der Waals surface area contributed by atoms with E-state index in [4.69, 9.17) is 0 Å². The van der Waals surface area contributed by atoms with Crippen molar-refractivity contribution in [1.29, 1.82) is 0 Å². The summed E-state index contributed by atoms with van der Waals surface area (Å²) in [5.41, 5.74) is 4.16. The third-order valence-corrected chi connectivity index (χ3v) is 4.45. The van der Waals surface area contributed by atoms with E-state index in [9.17, 15) is 9.90 Å². The molecule has 0 unspecified atom stereocenters. The summed E-state index contributed by atoms with van der Waals surface area (Å²) in [6.07, 6.45) is 0. The van der Waals surface area contributed by atoms with E-state index >= 15 is 0 Å². The molecule has 1 heterocycles. The fraction of sp³-hybridized carbons (Fsp3) is 0.105. The van der Waals surface area contributed by atoms with Crippen molar-refractivity contribution < 1.29 is 9.90 Å². The fourth-order valence-corrected chi connectivity index (χ4v) is 2.96. The van der Waals surface area contributed by atoms with Gasteiger partial charge in [0.2, 0.25) is 0 Å². The van der Waals surface area contributed by atoms with Gasteiger partial charge in [0.15, 0.2) is 0 Å². The van der Waals surface area contributed by atoms with E-state index in [1.165, 1.54) is 0 Å². The van der Waals surface area contributed by atoms with Crippen LogP contribution in [0.1, 0.15) is 21.6 Å². The molecule has 2 aromatic carbocycles. The Morgan fingerprint density at radius 1 is 1.09 bits per heavy atom. The Morgan fingerprint density at radius 2 is 1.74 bits per heavy atom. The Morgan fingerprint density at radius 3 is 2.35 bits per heavy atom. The van der Waals surface area contributed by atoms with Gasteiger partial charge in [0.25, 0.3) is 0 Å². The van der Waals surface area contributed by atoms with Crippen LogP contribution >= 0.6 is 15.9 Å². The monoisotopic (exact) mass is 369 g/mol. The largest absolute Gasteiger partial charge is 0.478 e. The molecule has 0 amide bonds. The Balaban J connectivity index is 2.12. The normalized spacial score (nSPS) is 10.7. The summed E-state index contributed by atoms with van der Waals surface area (Å²) in [7, 11) is 0. The van der Waals surface area contributed by atoms with Crippen LogP contribution in [-0.4, -0.2) is 15.6 Å². The second-order valence-corrected chi connectivity index (χ2v) is 6.33. The summed E-state index contributed by atoms with van der Waals surface area (Å²) in [5.74, 6) is -0.896. The highest BCUT2D eigenvalue weighted by atomic mass is 79.9. The van der Waals surface area contributed by atoms with Gasteiger partial charge in [-0.25, -0.2) is 4.79 Å². The van der Waals surface area contributed by atoms with Crippen LogP contribution in [0.2, 0.25) is 0 Å². The van der Waals surface area contributed by atoms with Crippen LogP contribution in [0.5, 0.6) is 0 Å². The highest BCUT2D eigenvalue weighted by molar-refractivity contribution is 9.10. The van der Waals surface area contributed by atoms with Crippen molar-refractivity contribution in [2.24, 2.45) is 0 Å². The molecule has 0 radical (unpaired) electrons. The van der Waals surface area contributed by atoms with E-state index in [1.54, 1.807) is 6.07 Å². The lowest BCUT2D eigenvalue weighted by atomic mass is 10.1. The van der Waals surface area contributed by atoms with E-state index in [-0.39, 0.29) is 0 Å². The Hall–Kier alpha value is -2.33. The maximum absolute atomic E-state index is 11.5. The Kier molecular flexibility index (Phi) is 4.35. The molecule has 3 rings (SSSR count). The first kappa shape index (κ1) is 15.6. The number of carbonyl (C=O) groups is 1. The first-order valence-electron chi connectivity index (χ1n) is 7.29. The molecule has 0 saturated carbocycles. The lowest BCUT2D eigenvalue weighted by Gasteiger charge is -2.12. The van der Waals surface area contributed by atoms with Crippen molar-refractivity contribution in [2.75, 3.05) is 0 Å². The molecular weight excluding hydrogens is 354 g/mol. The zero-order chi connectivity index (χ0) is 16.4. The summed E-state index contributed by atoms with van der Waals surface area (Å²) in [5, 5.41) is 9.44. The van der Waals surface area contributed by atoms with E-state index in [0.717, 1.165) is 27.0 Å². The second kappa shape index (κ2) is 6.42. The fourth-order valence-electron chi connectivity index (χ4n) is 2.69. The third kappa shape index (κ3) is 3.22. The van der Waals surface area contributed by atoms with Gasteiger partial charge in [0.1, 0.15) is 0 Å². The Bertz CT molecular complexity index is 836. The van der Waals surface area contributed by atoms with E-state index < -0.39 is 5.97 Å². The summed E-state index contributed by atoms with van der Waals surface area (Å²) in [6, 6.07) is 19.7. The summed E-state index contributed by atoms with van der Waals surface area (Å²) >= 11 is 3.43. The van der Waals surface area contributed by atoms with Crippen molar-refractivity contribution in [3.63, 3.8) is 0 Å². The van der Waals surface area contributed by atoms with Crippen LogP contribution in [0, 0.1) is 6.92 Å². The molecule has 3 nitrogen and oxygen atoms in total. The molecular formula is C19H16BrNO2. The first-order valence-corrected chi connectivity index (χ1v) is 8.09. The molecule has 1 aromatic heterocycles. The Labute approximate surface area is 143 Å². The van der Waals surface area contributed by atoms with Crippen LogP contribution in [0.3, 0.4) is 0 Å². The van der Waals surface area contributed by atoms with Crippen LogP contribution in [-0.2, 0) is 6.54 Å². The van der Waals surface area contributed by atoms with Crippen LogP contribution < -0.4 is 0 Å². The number of hydrogen-bond donors (Lipinski definition) is 1. The van der Waals surface area contributed by atoms with Crippen molar-refractivity contribution in [3.8, 4) is 11.3 Å². The van der Waals surface area contributed by atoms with Crippen molar-refractivity contribution in [3.05, 3.63) is 82.0 Å². The molecule has 0 atom stereocenters. The molecule has 23 heavy (non-hydrogen) atoms. The van der Waals surface area contributed by atoms with E-state index in [1.807, 2.05) is 61.5 Å². The van der Waals surface area contributed by atoms with Gasteiger partial charge in [-0.15, -0.1) is 0 Å². The average Bonchev–Trinajstić information content (AvgIpc) is 2.87. The summed E-state index contributed by atoms with van der Waals surface area (Å²) in [6.45, 7) is 2.50. The smallest absolute Gasteiger partial charge is 0.337 e. The minimum Gasteiger partial charge on any atom is -0.478 e. The lowest BCUT2D eigenvalue weighted by molar-refractivity contribution is 0.0696. The predicted molar refractivity (Wildman–Crippen MR) is 94.8 cm³/mol. The molecule has 0 fully saturated rings. The van der Waals surface area contributed by atoms with Gasteiger partial charge in [-0.1, -0.05) is 58.4 Å². The van der Waals surface area contributed by atoms with Crippen molar-refractivity contribution in [2.45, 2.75) is 13.5 Å². The van der Waals surface area contributed by atoms with E-state index in [2.05, 4.69) is 20.5 Å². The molecule has 0 saturated heterocycles. The maximum atomic E-state index is 11.5. The zero-order valence-electron chi connectivity index (χ0n) is 12.7. The maximum Gasteiger partial charge on any atom is 0.337 e. The SMILES string of the molecule is Cc1c(C(=O)O)cc(-c2ccc(Br)cc2)n1Cc1ccccc1. The average molecular weight is 370 g/mol. The molecule has 3 aromatic rings. The lowest BCUT2D eigenvalue weighted by Crippen LogP contribution is -2.05. The number of halogens is 1. The highest BCUT2D eigenvalue weighted by Crippen LogP contribution is 2.28. The van der Waals surface area contributed by atoms with Gasteiger partial charge in [0.05, 0.1) is 5.56 Å². The zero-order valence-corrected chi connectivity index (χ0v) is 14.2. The van der Waals surface area contributed by atoms with Gasteiger partial charge < -0.3 is 9.67 Å². The molecule has 116 valence electrons. The molecule has 0 spiro atoms. The van der Waals surface area contributed by atoms with Gasteiger partial charge in [-0.2, -0.15) is 0 Å². The standard InChI is InChI=1S/C19H16BrNO2/c1-13-17(19(22)23)11-18(15-7-9-16(20)10-8-15)21(13)12-14-5-3-2-4-6-14/h2-11H,12H2,1H3,(H,22,23). The van der Waals surface area contributed by atoms with Gasteiger partial charge in [0, 0.05) is 22.4 Å². The van der Waals surface area contributed by atoms with Gasteiger partial charge in [-0.3, -0.25) is 0 Å². The van der Waals surface area contributed by atoms with Gasteiger partial charge >= 0.3 is 5.97 Å². The number of benzene rings is 2. The van der Waals surface area contributed by atoms with Crippen LogP contribution in [0.4, 0.5) is 0 Å². The first-order chi connectivity index (χ1) is 11.1.